The molecule has 19 heavy (non-hydrogen) atoms. The Morgan fingerprint density at radius 3 is 3.05 bits per heavy atom. The topological polar surface area (TPSA) is 23.5 Å². The molecular weight excluding hydrogens is 234 g/mol. The lowest BCUT2D eigenvalue weighted by molar-refractivity contribution is 0.00274. The fourth-order valence-corrected chi connectivity index (χ4v) is 5.18. The van der Waals surface area contributed by atoms with E-state index in [1.54, 1.807) is 0 Å². The molecule has 1 aromatic carbocycles. The lowest BCUT2D eigenvalue weighted by Gasteiger charge is -2.58. The number of likely N-dealkylation sites (N-methyl/N-ethyl adjacent to an activating group) is 1. The predicted octanol–water partition coefficient (Wildman–Crippen LogP) is 3.08. The molecule has 0 spiro atoms. The van der Waals surface area contributed by atoms with Gasteiger partial charge in [0.2, 0.25) is 0 Å². The quantitative estimate of drug-likeness (QED) is 0.772. The molecule has 0 radical (unpaired) electrons. The molecule has 0 amide bonds. The van der Waals surface area contributed by atoms with Crippen molar-refractivity contribution in [2.24, 2.45) is 5.92 Å². The Morgan fingerprint density at radius 1 is 1.26 bits per heavy atom. The van der Waals surface area contributed by atoms with Crippen molar-refractivity contribution in [1.29, 1.82) is 0 Å². The smallest absolute Gasteiger partial charge is 0.115 e. The summed E-state index contributed by atoms with van der Waals surface area (Å²) in [6, 6.07) is 6.85. The van der Waals surface area contributed by atoms with Crippen LogP contribution in [-0.4, -0.2) is 29.6 Å². The third-order valence-electron chi connectivity index (χ3n) is 6.10. The largest absolute Gasteiger partial charge is 0.508 e. The Morgan fingerprint density at radius 2 is 2.16 bits per heavy atom. The molecule has 2 fully saturated rings. The van der Waals surface area contributed by atoms with Crippen molar-refractivity contribution in [3.8, 4) is 5.75 Å². The molecule has 1 N–H and O–H groups in total. The number of fused-ring (bicyclic) bond motifs is 1. The number of hydrogen-bond donors (Lipinski definition) is 1. The summed E-state index contributed by atoms with van der Waals surface area (Å²) in [6.45, 7) is 1.22. The average molecular weight is 257 g/mol. The van der Waals surface area contributed by atoms with Gasteiger partial charge in [0, 0.05) is 11.5 Å². The average Bonchev–Trinajstić information content (AvgIpc) is 2.43. The zero-order chi connectivity index (χ0) is 13.0. The lowest BCUT2D eigenvalue weighted by Crippen LogP contribution is -2.59. The summed E-state index contributed by atoms with van der Waals surface area (Å²) >= 11 is 0. The van der Waals surface area contributed by atoms with Crippen LogP contribution in [0, 0.1) is 5.92 Å². The Labute approximate surface area is 115 Å². The molecule has 1 aromatic rings. The van der Waals surface area contributed by atoms with Crippen LogP contribution < -0.4 is 0 Å². The first-order chi connectivity index (χ1) is 9.21. The number of phenolic OH excluding ortho intramolecular Hbond substituents is 1. The Kier molecular flexibility index (Phi) is 2.47. The summed E-state index contributed by atoms with van der Waals surface area (Å²) < 4.78 is 0. The van der Waals surface area contributed by atoms with E-state index in [4.69, 9.17) is 0 Å². The number of nitrogens with zero attached hydrogens (tertiary/aromatic N) is 1. The highest BCUT2D eigenvalue weighted by Crippen LogP contribution is 2.55. The van der Waals surface area contributed by atoms with E-state index >= 15 is 0 Å². The standard InChI is InChI=1S/C17H23NO/c1-18-9-8-17-7-3-2-4-14(17)16(18)10-12-5-6-13(19)11-15(12)17/h5-6,11,14,16,19H,2-4,7-10H2,1H3/t14?,16-,17-/m1/s1. The highest BCUT2D eigenvalue weighted by atomic mass is 16.3. The molecule has 4 rings (SSSR count). The number of benzene rings is 1. The van der Waals surface area contributed by atoms with E-state index in [-0.39, 0.29) is 0 Å². The van der Waals surface area contributed by atoms with Crippen LogP contribution in [0.2, 0.25) is 0 Å². The molecule has 2 nitrogen and oxygen atoms in total. The molecule has 1 saturated heterocycles. The van der Waals surface area contributed by atoms with Crippen molar-refractivity contribution in [2.45, 2.75) is 50.0 Å². The minimum Gasteiger partial charge on any atom is -0.508 e. The van der Waals surface area contributed by atoms with Crippen LogP contribution in [0.25, 0.3) is 0 Å². The number of aromatic hydroxyl groups is 1. The van der Waals surface area contributed by atoms with Gasteiger partial charge in [-0.25, -0.2) is 0 Å². The van der Waals surface area contributed by atoms with Crippen molar-refractivity contribution in [1.82, 2.24) is 4.90 Å². The van der Waals surface area contributed by atoms with Crippen LogP contribution in [0.3, 0.4) is 0 Å². The molecule has 2 heteroatoms. The fraction of sp³-hybridized carbons (Fsp3) is 0.647. The third-order valence-corrected chi connectivity index (χ3v) is 6.10. The summed E-state index contributed by atoms with van der Waals surface area (Å²) in [7, 11) is 2.30. The van der Waals surface area contributed by atoms with E-state index in [0.717, 1.165) is 12.0 Å². The zero-order valence-corrected chi connectivity index (χ0v) is 11.7. The molecule has 102 valence electrons. The van der Waals surface area contributed by atoms with E-state index in [1.807, 2.05) is 6.07 Å². The second-order valence-electron chi connectivity index (χ2n) is 6.85. The van der Waals surface area contributed by atoms with Gasteiger partial charge in [-0.3, -0.25) is 0 Å². The van der Waals surface area contributed by atoms with Crippen molar-refractivity contribution in [2.75, 3.05) is 13.6 Å². The molecule has 2 aliphatic carbocycles. The maximum Gasteiger partial charge on any atom is 0.115 e. The second kappa shape index (κ2) is 3.99. The maximum absolute atomic E-state index is 9.91. The third kappa shape index (κ3) is 1.53. The summed E-state index contributed by atoms with van der Waals surface area (Å²) in [5, 5.41) is 9.91. The van der Waals surface area contributed by atoms with Gasteiger partial charge in [0.05, 0.1) is 0 Å². The highest BCUT2D eigenvalue weighted by Gasteiger charge is 2.52. The predicted molar refractivity (Wildman–Crippen MR) is 76.5 cm³/mol. The molecule has 2 bridgehead atoms. The van der Waals surface area contributed by atoms with E-state index in [0.29, 0.717) is 11.2 Å². The fourth-order valence-electron chi connectivity index (χ4n) is 5.18. The van der Waals surface area contributed by atoms with Gasteiger partial charge < -0.3 is 10.0 Å². The second-order valence-corrected chi connectivity index (χ2v) is 6.85. The number of phenols is 1. The zero-order valence-electron chi connectivity index (χ0n) is 11.7. The minimum atomic E-state index is 0.377. The molecular formula is C17H23NO. The van der Waals surface area contributed by atoms with Crippen LogP contribution in [0.15, 0.2) is 18.2 Å². The first-order valence-corrected chi connectivity index (χ1v) is 7.73. The monoisotopic (exact) mass is 257 g/mol. The lowest BCUT2D eigenvalue weighted by atomic mass is 9.52. The Balaban J connectivity index is 1.90. The van der Waals surface area contributed by atoms with Crippen LogP contribution in [0.4, 0.5) is 0 Å². The SMILES string of the molecule is CN1CC[C@]23CCCCC2[C@H]1Cc1ccc(O)cc13. The van der Waals surface area contributed by atoms with Crippen LogP contribution in [-0.2, 0) is 11.8 Å². The van der Waals surface area contributed by atoms with Gasteiger partial charge in [-0.05, 0) is 68.5 Å². The van der Waals surface area contributed by atoms with Gasteiger partial charge in [-0.15, -0.1) is 0 Å². The van der Waals surface area contributed by atoms with Gasteiger partial charge >= 0.3 is 0 Å². The summed E-state index contributed by atoms with van der Waals surface area (Å²) in [4.78, 5) is 2.59. The molecule has 1 heterocycles. The van der Waals surface area contributed by atoms with Crippen molar-refractivity contribution in [3.05, 3.63) is 29.3 Å². The molecule has 1 aliphatic heterocycles. The number of rotatable bonds is 0. The minimum absolute atomic E-state index is 0.377. The molecule has 3 atom stereocenters. The first kappa shape index (κ1) is 11.8. The molecule has 1 saturated carbocycles. The van der Waals surface area contributed by atoms with Gasteiger partial charge in [-0.2, -0.15) is 0 Å². The van der Waals surface area contributed by atoms with Crippen molar-refractivity contribution < 1.29 is 5.11 Å². The summed E-state index contributed by atoms with van der Waals surface area (Å²) in [5.41, 5.74) is 3.36. The maximum atomic E-state index is 9.91. The van der Waals surface area contributed by atoms with E-state index in [1.165, 1.54) is 56.2 Å². The van der Waals surface area contributed by atoms with Gasteiger partial charge in [0.25, 0.3) is 0 Å². The van der Waals surface area contributed by atoms with Gasteiger partial charge in [0.15, 0.2) is 0 Å². The summed E-state index contributed by atoms with van der Waals surface area (Å²) in [5.74, 6) is 1.27. The molecule has 1 unspecified atom stereocenters. The van der Waals surface area contributed by atoms with Gasteiger partial charge in [-0.1, -0.05) is 18.9 Å². The number of piperidine rings is 1. The van der Waals surface area contributed by atoms with Crippen LogP contribution >= 0.6 is 0 Å². The Hall–Kier alpha value is -1.02. The molecule has 0 aromatic heterocycles. The van der Waals surface area contributed by atoms with Crippen LogP contribution in [0.1, 0.15) is 43.2 Å². The van der Waals surface area contributed by atoms with E-state index in [2.05, 4.69) is 24.1 Å². The van der Waals surface area contributed by atoms with E-state index in [9.17, 15) is 5.11 Å². The molecule has 3 aliphatic rings. The van der Waals surface area contributed by atoms with E-state index < -0.39 is 0 Å². The van der Waals surface area contributed by atoms with Gasteiger partial charge in [0.1, 0.15) is 5.75 Å². The number of likely N-dealkylation sites (tertiary alicyclic amines) is 1. The van der Waals surface area contributed by atoms with Crippen molar-refractivity contribution >= 4 is 0 Å². The number of hydrogen-bond acceptors (Lipinski definition) is 2. The van der Waals surface area contributed by atoms with Crippen LogP contribution in [0.5, 0.6) is 5.75 Å². The highest BCUT2D eigenvalue weighted by molar-refractivity contribution is 5.45. The normalized spacial score (nSPS) is 37.5. The Bertz CT molecular complexity index is 512. The van der Waals surface area contributed by atoms with Crippen molar-refractivity contribution in [3.63, 3.8) is 0 Å². The summed E-state index contributed by atoms with van der Waals surface area (Å²) in [6.07, 6.45) is 7.93. The first-order valence-electron chi connectivity index (χ1n) is 7.73.